The summed E-state index contributed by atoms with van der Waals surface area (Å²) in [6, 6.07) is 0. The topological polar surface area (TPSA) is 108 Å². The molecule has 0 rings (SSSR count). The highest BCUT2D eigenvalue weighted by molar-refractivity contribution is 7.47. The molecule has 9 nitrogen and oxygen atoms in total. The number of phosphoric acid groups is 1. The summed E-state index contributed by atoms with van der Waals surface area (Å²) in [7, 11) is 1.49. The van der Waals surface area contributed by atoms with Crippen molar-refractivity contribution in [2.45, 2.75) is 405 Å². The second kappa shape index (κ2) is 83.2. The van der Waals surface area contributed by atoms with Crippen LogP contribution in [0, 0.1) is 0 Å². The second-order valence-corrected chi connectivity index (χ2v) is 32.0. The number of rotatable bonds is 81. The summed E-state index contributed by atoms with van der Waals surface area (Å²) in [4.78, 5) is 36.1. The van der Waals surface area contributed by atoms with Gasteiger partial charge in [-0.15, -0.1) is 0 Å². The molecule has 0 aromatic rings. The standard InChI is InChI=1S/C94H166NO8P/c1-6-8-10-12-14-16-18-20-22-24-26-28-30-32-34-36-38-40-42-44-46-47-49-51-53-55-57-59-61-63-65-67-69-71-73-75-77-79-81-83-85-87-94(97)103-92(91-102-104(98,99)101-89-88-95(3,4)5)90-100-93(96)86-84-82-80-78-76-74-72-70-68-66-64-62-60-58-56-54-52-50-48-45-43-41-39-37-35-33-31-29-27-25-23-21-19-17-15-13-11-9-7-2/h8-11,14-17,20-23,26-29,32-35,38,40,92H,6-7,12-13,18-19,24-25,30-31,36-37,39,41-91H2,1-5H3/p+1/b10-8-,11-9-,16-14-,17-15-,22-20-,23-21-,28-26-,29-27-,34-32-,35-33-,40-38-. The number of carbonyl (C=O) groups is 2. The number of allylic oxidation sites excluding steroid dienone is 22. The van der Waals surface area contributed by atoms with Crippen LogP contribution in [0.1, 0.15) is 399 Å². The van der Waals surface area contributed by atoms with Crippen LogP contribution in [-0.2, 0) is 32.7 Å². The normalized spacial score (nSPS) is 13.6. The van der Waals surface area contributed by atoms with Gasteiger partial charge in [-0.25, -0.2) is 4.57 Å². The highest BCUT2D eigenvalue weighted by Gasteiger charge is 2.27. The number of unbranched alkanes of at least 4 members (excludes halogenated alkanes) is 45. The fourth-order valence-electron chi connectivity index (χ4n) is 12.6. The molecule has 0 aromatic carbocycles. The number of hydrogen-bond acceptors (Lipinski definition) is 7. The fourth-order valence-corrected chi connectivity index (χ4v) is 13.3. The first kappa shape index (κ1) is 100. The number of likely N-dealkylation sites (N-methyl/N-ethyl adjacent to an activating group) is 1. The Bertz CT molecular complexity index is 2230. The van der Waals surface area contributed by atoms with Crippen molar-refractivity contribution in [3.63, 3.8) is 0 Å². The van der Waals surface area contributed by atoms with Crippen LogP contribution < -0.4 is 0 Å². The summed E-state index contributed by atoms with van der Waals surface area (Å²) >= 11 is 0. The average Bonchev–Trinajstić information content (AvgIpc) is 0.920. The zero-order valence-electron chi connectivity index (χ0n) is 68.7. The Balaban J connectivity index is 3.89. The van der Waals surface area contributed by atoms with Gasteiger partial charge in [-0.05, 0) is 109 Å². The molecule has 0 spiro atoms. The third kappa shape index (κ3) is 87.1. The highest BCUT2D eigenvalue weighted by Crippen LogP contribution is 2.43. The van der Waals surface area contributed by atoms with E-state index in [2.05, 4.69) is 148 Å². The van der Waals surface area contributed by atoms with Crippen molar-refractivity contribution in [3.8, 4) is 0 Å². The lowest BCUT2D eigenvalue weighted by molar-refractivity contribution is -0.870. The summed E-state index contributed by atoms with van der Waals surface area (Å²) < 4.78 is 34.9. The molecule has 0 saturated carbocycles. The van der Waals surface area contributed by atoms with E-state index in [4.69, 9.17) is 18.5 Å². The highest BCUT2D eigenvalue weighted by atomic mass is 31.2. The van der Waals surface area contributed by atoms with Gasteiger partial charge in [0, 0.05) is 12.8 Å². The van der Waals surface area contributed by atoms with Crippen molar-refractivity contribution in [2.24, 2.45) is 0 Å². The van der Waals surface area contributed by atoms with Crippen molar-refractivity contribution >= 4 is 19.8 Å². The van der Waals surface area contributed by atoms with Gasteiger partial charge in [-0.2, -0.15) is 0 Å². The maximum Gasteiger partial charge on any atom is 0.472 e. The van der Waals surface area contributed by atoms with Crippen LogP contribution in [-0.4, -0.2) is 74.9 Å². The van der Waals surface area contributed by atoms with E-state index in [9.17, 15) is 19.0 Å². The lowest BCUT2D eigenvalue weighted by Crippen LogP contribution is -2.37. The molecule has 0 saturated heterocycles. The number of hydrogen-bond donors (Lipinski definition) is 1. The van der Waals surface area contributed by atoms with Gasteiger partial charge in [0.25, 0.3) is 0 Å². The van der Waals surface area contributed by atoms with E-state index in [-0.39, 0.29) is 25.6 Å². The maximum absolute atomic E-state index is 13.0. The number of esters is 2. The fraction of sp³-hybridized carbons (Fsp3) is 0.745. The zero-order valence-corrected chi connectivity index (χ0v) is 69.6. The summed E-state index contributed by atoms with van der Waals surface area (Å²) in [5, 5.41) is 0. The van der Waals surface area contributed by atoms with Crippen LogP contribution in [0.5, 0.6) is 0 Å². The quantitative estimate of drug-likeness (QED) is 0.0211. The number of ether oxygens (including phenoxy) is 2. The molecule has 10 heteroatoms. The van der Waals surface area contributed by atoms with E-state index in [1.807, 2.05) is 21.1 Å². The molecular weight excluding hydrogens is 1300 g/mol. The van der Waals surface area contributed by atoms with Crippen LogP contribution >= 0.6 is 7.82 Å². The van der Waals surface area contributed by atoms with Crippen molar-refractivity contribution < 1.29 is 42.1 Å². The Morgan fingerprint density at radius 3 is 0.769 bits per heavy atom. The summed E-state index contributed by atoms with van der Waals surface area (Å²) in [5.74, 6) is -0.779. The minimum absolute atomic E-state index is 0.0313. The Hall–Kier alpha value is -3.85. The first-order valence-electron chi connectivity index (χ1n) is 43.9. The van der Waals surface area contributed by atoms with Crippen LogP contribution in [0.15, 0.2) is 134 Å². The van der Waals surface area contributed by atoms with Gasteiger partial charge >= 0.3 is 19.8 Å². The maximum atomic E-state index is 13.0. The molecule has 0 aliphatic heterocycles. The van der Waals surface area contributed by atoms with E-state index in [1.54, 1.807) is 0 Å². The number of carbonyl (C=O) groups excluding carboxylic acids is 2. The predicted octanol–water partition coefficient (Wildman–Crippen LogP) is 29.8. The summed E-state index contributed by atoms with van der Waals surface area (Å²) in [6.45, 7) is 4.26. The first-order chi connectivity index (χ1) is 51.0. The van der Waals surface area contributed by atoms with Gasteiger partial charge in [-0.3, -0.25) is 18.6 Å². The third-order valence-corrected chi connectivity index (χ3v) is 20.2. The van der Waals surface area contributed by atoms with Gasteiger partial charge in [0.05, 0.1) is 27.7 Å². The minimum Gasteiger partial charge on any atom is -0.462 e. The van der Waals surface area contributed by atoms with Gasteiger partial charge in [-0.1, -0.05) is 411 Å². The smallest absolute Gasteiger partial charge is 0.462 e. The molecule has 0 fully saturated rings. The first-order valence-corrected chi connectivity index (χ1v) is 45.4. The van der Waals surface area contributed by atoms with Gasteiger partial charge in [0.1, 0.15) is 19.8 Å². The largest absolute Gasteiger partial charge is 0.472 e. The van der Waals surface area contributed by atoms with Gasteiger partial charge < -0.3 is 18.9 Å². The van der Waals surface area contributed by atoms with Crippen LogP contribution in [0.25, 0.3) is 0 Å². The number of phosphoric ester groups is 1. The zero-order chi connectivity index (χ0) is 75.4. The molecule has 0 heterocycles. The predicted molar refractivity (Wildman–Crippen MR) is 454 cm³/mol. The van der Waals surface area contributed by atoms with E-state index < -0.39 is 26.5 Å². The number of nitrogens with zero attached hydrogens (tertiary/aromatic N) is 1. The van der Waals surface area contributed by atoms with Crippen molar-refractivity contribution in [2.75, 3.05) is 47.5 Å². The van der Waals surface area contributed by atoms with E-state index >= 15 is 0 Å². The molecule has 0 radical (unpaired) electrons. The van der Waals surface area contributed by atoms with Crippen molar-refractivity contribution in [1.82, 2.24) is 0 Å². The summed E-state index contributed by atoms with van der Waals surface area (Å²) in [6.07, 6.45) is 122. The molecule has 104 heavy (non-hydrogen) atoms. The Morgan fingerprint density at radius 1 is 0.298 bits per heavy atom. The molecule has 600 valence electrons. The van der Waals surface area contributed by atoms with Gasteiger partial charge in [0.15, 0.2) is 6.10 Å². The Morgan fingerprint density at radius 2 is 0.519 bits per heavy atom. The molecule has 0 aromatic heterocycles. The lowest BCUT2D eigenvalue weighted by Gasteiger charge is -2.24. The molecule has 0 amide bonds. The van der Waals surface area contributed by atoms with Crippen LogP contribution in [0.2, 0.25) is 0 Å². The molecule has 2 unspecified atom stereocenters. The third-order valence-electron chi connectivity index (χ3n) is 19.2. The Labute approximate surface area is 644 Å². The Kier molecular flexibility index (Phi) is 80.1. The average molecular weight is 1470 g/mol. The lowest BCUT2D eigenvalue weighted by atomic mass is 10.0. The molecule has 0 aliphatic carbocycles. The van der Waals surface area contributed by atoms with E-state index in [0.717, 1.165) is 103 Å². The van der Waals surface area contributed by atoms with Crippen LogP contribution in [0.3, 0.4) is 0 Å². The minimum atomic E-state index is -4.40. The number of quaternary nitrogens is 1. The molecular formula is C94H167NO8P+. The second-order valence-electron chi connectivity index (χ2n) is 30.5. The molecule has 0 aliphatic rings. The monoisotopic (exact) mass is 1470 g/mol. The van der Waals surface area contributed by atoms with Crippen molar-refractivity contribution in [3.05, 3.63) is 134 Å². The SMILES string of the molecule is CC/C=C\C/C=C\C/C=C\C/C=C\C/C=C\C/C=C\CCCCCCCCCCCCCCCCCCCCCCCCC(=O)OC(COC(=O)CCCCCCCCCCCCCCCCCCCCCCCCC/C=C\C/C=C\C/C=C\C/C=C\C/C=C\CC)COP(=O)(O)OCC[N+](C)(C)C. The van der Waals surface area contributed by atoms with E-state index in [1.165, 1.54) is 263 Å². The van der Waals surface area contributed by atoms with Crippen LogP contribution in [0.4, 0.5) is 0 Å². The van der Waals surface area contributed by atoms with Gasteiger partial charge in [0.2, 0.25) is 0 Å². The molecule has 0 bridgehead atoms. The molecule has 2 atom stereocenters. The summed E-state index contributed by atoms with van der Waals surface area (Å²) in [5.41, 5.74) is 0. The van der Waals surface area contributed by atoms with E-state index in [0.29, 0.717) is 23.9 Å². The molecule has 1 N–H and O–H groups in total. The van der Waals surface area contributed by atoms with Crippen molar-refractivity contribution in [1.29, 1.82) is 0 Å².